The third-order valence-corrected chi connectivity index (χ3v) is 5.44. The summed E-state index contributed by atoms with van der Waals surface area (Å²) in [6.45, 7) is 3.36. The SMILES string of the molecule is CC(C)(CO)NC(=O)c1nn(-c2c[n+]([O-])ccn2)c2c1C[C@@H]1CCC[C@H]21. The quantitative estimate of drug-likeness (QED) is 0.623. The lowest BCUT2D eigenvalue weighted by Gasteiger charge is -2.23. The average Bonchev–Trinajstić information content (AvgIpc) is 3.25. The first-order chi connectivity index (χ1) is 12.4. The van der Waals surface area contributed by atoms with Crippen LogP contribution in [0.15, 0.2) is 18.6 Å². The van der Waals surface area contributed by atoms with E-state index in [1.54, 1.807) is 18.5 Å². The second kappa shape index (κ2) is 6.05. The van der Waals surface area contributed by atoms with Crippen molar-refractivity contribution < 1.29 is 14.6 Å². The fourth-order valence-corrected chi connectivity index (χ4v) is 4.19. The van der Waals surface area contributed by atoms with Crippen molar-refractivity contribution in [2.24, 2.45) is 5.92 Å². The van der Waals surface area contributed by atoms with Crippen LogP contribution in [0, 0.1) is 11.1 Å². The maximum atomic E-state index is 12.8. The van der Waals surface area contributed by atoms with Crippen LogP contribution in [0.5, 0.6) is 0 Å². The van der Waals surface area contributed by atoms with Crippen LogP contribution in [0.1, 0.15) is 60.8 Å². The highest BCUT2D eigenvalue weighted by Crippen LogP contribution is 2.49. The van der Waals surface area contributed by atoms with E-state index in [1.165, 1.54) is 25.0 Å². The number of aromatic nitrogens is 4. The summed E-state index contributed by atoms with van der Waals surface area (Å²) in [5, 5.41) is 28.5. The van der Waals surface area contributed by atoms with Crippen molar-refractivity contribution >= 4 is 5.91 Å². The molecule has 2 atom stereocenters. The van der Waals surface area contributed by atoms with Crippen molar-refractivity contribution in [1.82, 2.24) is 20.1 Å². The predicted molar refractivity (Wildman–Crippen MR) is 92.7 cm³/mol. The second-order valence-electron chi connectivity index (χ2n) is 7.90. The number of nitrogens with zero attached hydrogens (tertiary/aromatic N) is 4. The Bertz CT molecular complexity index is 861. The minimum atomic E-state index is -0.731. The Morgan fingerprint density at radius 3 is 3.04 bits per heavy atom. The van der Waals surface area contributed by atoms with E-state index < -0.39 is 5.54 Å². The molecule has 0 aliphatic heterocycles. The van der Waals surface area contributed by atoms with Gasteiger partial charge in [0.05, 0.1) is 24.0 Å². The molecule has 0 saturated heterocycles. The van der Waals surface area contributed by atoms with Gasteiger partial charge in [-0.2, -0.15) is 9.83 Å². The van der Waals surface area contributed by atoms with Crippen LogP contribution in [-0.4, -0.2) is 37.9 Å². The summed E-state index contributed by atoms with van der Waals surface area (Å²) >= 11 is 0. The Morgan fingerprint density at radius 2 is 2.31 bits per heavy atom. The van der Waals surface area contributed by atoms with E-state index in [9.17, 15) is 15.1 Å². The number of fused-ring (bicyclic) bond motifs is 3. The summed E-state index contributed by atoms with van der Waals surface area (Å²) in [5.74, 6) is 0.999. The van der Waals surface area contributed by atoms with Gasteiger partial charge in [0.25, 0.3) is 5.91 Å². The number of aliphatic hydroxyl groups is 1. The highest BCUT2D eigenvalue weighted by Gasteiger charge is 2.43. The van der Waals surface area contributed by atoms with Crippen LogP contribution in [0.2, 0.25) is 0 Å². The molecule has 26 heavy (non-hydrogen) atoms. The summed E-state index contributed by atoms with van der Waals surface area (Å²) < 4.78 is 2.35. The largest absolute Gasteiger partial charge is 0.619 e. The smallest absolute Gasteiger partial charge is 0.272 e. The lowest BCUT2D eigenvalue weighted by Crippen LogP contribution is -2.46. The molecule has 1 fully saturated rings. The third kappa shape index (κ3) is 2.74. The van der Waals surface area contributed by atoms with E-state index in [2.05, 4.69) is 15.4 Å². The van der Waals surface area contributed by atoms with Gasteiger partial charge in [-0.3, -0.25) is 4.79 Å². The van der Waals surface area contributed by atoms with Crippen LogP contribution in [-0.2, 0) is 6.42 Å². The molecule has 2 aromatic heterocycles. The molecular formula is C18H23N5O3. The van der Waals surface area contributed by atoms with Gasteiger partial charge in [0, 0.05) is 11.5 Å². The Balaban J connectivity index is 1.80. The van der Waals surface area contributed by atoms with Gasteiger partial charge in [-0.1, -0.05) is 6.42 Å². The molecule has 0 radical (unpaired) electrons. The molecule has 2 N–H and O–H groups in total. The lowest BCUT2D eigenvalue weighted by molar-refractivity contribution is -0.605. The van der Waals surface area contributed by atoms with Crippen molar-refractivity contribution in [3.05, 3.63) is 40.7 Å². The molecule has 2 heterocycles. The molecule has 8 nitrogen and oxygen atoms in total. The van der Waals surface area contributed by atoms with Crippen LogP contribution in [0.4, 0.5) is 0 Å². The Hall–Kier alpha value is -2.48. The van der Waals surface area contributed by atoms with Gasteiger partial charge < -0.3 is 15.6 Å². The van der Waals surface area contributed by atoms with Gasteiger partial charge in [0.15, 0.2) is 11.9 Å². The number of hydrogen-bond donors (Lipinski definition) is 2. The Kier molecular flexibility index (Phi) is 3.95. The molecule has 4 rings (SSSR count). The first-order valence-corrected chi connectivity index (χ1v) is 9.00. The van der Waals surface area contributed by atoms with Crippen molar-refractivity contribution in [2.75, 3.05) is 6.61 Å². The monoisotopic (exact) mass is 357 g/mol. The lowest BCUT2D eigenvalue weighted by atomic mass is 9.99. The molecule has 8 heteroatoms. The highest BCUT2D eigenvalue weighted by molar-refractivity contribution is 5.95. The molecule has 1 saturated carbocycles. The highest BCUT2D eigenvalue weighted by atomic mass is 16.5. The average molecular weight is 357 g/mol. The van der Waals surface area contributed by atoms with Crippen LogP contribution >= 0.6 is 0 Å². The number of carbonyl (C=O) groups excluding carboxylic acids is 1. The topological polar surface area (TPSA) is 107 Å². The van der Waals surface area contributed by atoms with Gasteiger partial charge in [-0.25, -0.2) is 9.67 Å². The zero-order chi connectivity index (χ0) is 18.5. The van der Waals surface area contributed by atoms with Gasteiger partial charge in [-0.15, -0.1) is 0 Å². The minimum absolute atomic E-state index is 0.163. The molecule has 0 aromatic carbocycles. The number of aliphatic hydroxyl groups excluding tert-OH is 1. The van der Waals surface area contributed by atoms with E-state index in [-0.39, 0.29) is 12.5 Å². The zero-order valence-electron chi connectivity index (χ0n) is 15.0. The van der Waals surface area contributed by atoms with Gasteiger partial charge in [0.2, 0.25) is 12.0 Å². The normalized spacial score (nSPS) is 21.5. The van der Waals surface area contributed by atoms with Gasteiger partial charge in [0.1, 0.15) is 0 Å². The fourth-order valence-electron chi connectivity index (χ4n) is 4.19. The van der Waals surface area contributed by atoms with E-state index in [0.717, 1.165) is 30.5 Å². The fraction of sp³-hybridized carbons (Fsp3) is 0.556. The predicted octanol–water partition coefficient (Wildman–Crippen LogP) is 0.841. The summed E-state index contributed by atoms with van der Waals surface area (Å²) in [4.78, 5) is 17.1. The van der Waals surface area contributed by atoms with E-state index in [0.29, 0.717) is 28.1 Å². The number of nitrogens with one attached hydrogen (secondary N) is 1. The molecule has 0 bridgehead atoms. The molecule has 0 spiro atoms. The number of hydrogen-bond acceptors (Lipinski definition) is 5. The maximum Gasteiger partial charge on any atom is 0.272 e. The van der Waals surface area contributed by atoms with Gasteiger partial charge >= 0.3 is 0 Å². The first kappa shape index (κ1) is 17.0. The van der Waals surface area contributed by atoms with E-state index in [4.69, 9.17) is 0 Å². The summed E-state index contributed by atoms with van der Waals surface area (Å²) in [7, 11) is 0. The molecule has 0 unspecified atom stereocenters. The molecule has 2 aromatic rings. The Morgan fingerprint density at radius 1 is 1.50 bits per heavy atom. The summed E-state index contributed by atoms with van der Waals surface area (Å²) in [5.41, 5.74) is 1.61. The maximum absolute atomic E-state index is 12.8. The standard InChI is InChI=1S/C18H23N5O3/c1-18(2,10-24)20-17(25)15-13-8-11-4-3-5-12(11)16(13)23(21-15)14-9-22(26)7-6-19-14/h6-7,9,11-12,24H,3-5,8,10H2,1-2H3,(H,20,25)/t11-,12-/m0/s1. The zero-order valence-corrected chi connectivity index (χ0v) is 15.0. The third-order valence-electron chi connectivity index (χ3n) is 5.44. The summed E-state index contributed by atoms with van der Waals surface area (Å²) in [6, 6.07) is 0. The number of carbonyl (C=O) groups is 1. The molecule has 2 aliphatic rings. The minimum Gasteiger partial charge on any atom is -0.619 e. The van der Waals surface area contributed by atoms with Crippen LogP contribution in [0.25, 0.3) is 5.82 Å². The van der Waals surface area contributed by atoms with E-state index >= 15 is 0 Å². The van der Waals surface area contributed by atoms with Crippen molar-refractivity contribution in [2.45, 2.75) is 51.0 Å². The van der Waals surface area contributed by atoms with Crippen LogP contribution < -0.4 is 10.0 Å². The molecule has 2 aliphatic carbocycles. The van der Waals surface area contributed by atoms with E-state index in [1.807, 2.05) is 0 Å². The molecule has 1 amide bonds. The first-order valence-electron chi connectivity index (χ1n) is 9.00. The van der Waals surface area contributed by atoms with Crippen molar-refractivity contribution in [1.29, 1.82) is 0 Å². The van der Waals surface area contributed by atoms with Crippen LogP contribution in [0.3, 0.4) is 0 Å². The molecule has 138 valence electrons. The summed E-state index contributed by atoms with van der Waals surface area (Å²) in [6.07, 6.45) is 8.34. The van der Waals surface area contributed by atoms with Crippen molar-refractivity contribution in [3.8, 4) is 5.82 Å². The van der Waals surface area contributed by atoms with Crippen molar-refractivity contribution in [3.63, 3.8) is 0 Å². The Labute approximate surface area is 151 Å². The van der Waals surface area contributed by atoms with Gasteiger partial charge in [-0.05, 0) is 39.0 Å². The second-order valence-corrected chi connectivity index (χ2v) is 7.90. The number of rotatable bonds is 4. The molecular weight excluding hydrogens is 334 g/mol. The number of amides is 1.